The van der Waals surface area contributed by atoms with E-state index in [1.54, 1.807) is 19.1 Å². The molecule has 0 saturated carbocycles. The fraction of sp³-hybridized carbons (Fsp3) is 0.211. The molecule has 0 aliphatic carbocycles. The Kier molecular flexibility index (Phi) is 5.46. The number of ether oxygens (including phenoxy) is 1. The van der Waals surface area contributed by atoms with Crippen LogP contribution in [0.25, 0.3) is 11.5 Å². The van der Waals surface area contributed by atoms with Crippen molar-refractivity contribution in [3.05, 3.63) is 65.5 Å². The van der Waals surface area contributed by atoms with Crippen LogP contribution in [0.15, 0.2) is 52.9 Å². The van der Waals surface area contributed by atoms with E-state index >= 15 is 0 Å². The van der Waals surface area contributed by atoms with Gasteiger partial charge in [-0.25, -0.2) is 13.2 Å². The molecule has 1 N–H and O–H groups in total. The van der Waals surface area contributed by atoms with Crippen molar-refractivity contribution in [1.82, 2.24) is 10.2 Å². The van der Waals surface area contributed by atoms with Crippen molar-refractivity contribution in [2.75, 3.05) is 11.0 Å². The number of carbonyl (C=O) groups excluding carboxylic acids is 1. The first-order chi connectivity index (χ1) is 13.2. The highest BCUT2D eigenvalue weighted by Crippen LogP contribution is 2.25. The third-order valence-electron chi connectivity index (χ3n) is 3.78. The molecule has 0 radical (unpaired) electrons. The molecule has 0 saturated heterocycles. The molecule has 0 spiro atoms. The molecule has 1 unspecified atom stereocenters. The van der Waals surface area contributed by atoms with Gasteiger partial charge in [0.15, 0.2) is 6.10 Å². The molecule has 1 heterocycles. The van der Waals surface area contributed by atoms with Crippen LogP contribution < -0.4 is 4.72 Å². The lowest BCUT2D eigenvalue weighted by Gasteiger charge is -2.12. The van der Waals surface area contributed by atoms with Gasteiger partial charge in [0.1, 0.15) is 0 Å². The summed E-state index contributed by atoms with van der Waals surface area (Å²) in [7, 11) is -3.54. The van der Waals surface area contributed by atoms with Crippen LogP contribution in [0, 0.1) is 6.92 Å². The number of benzene rings is 2. The van der Waals surface area contributed by atoms with Crippen LogP contribution in [0.2, 0.25) is 0 Å². The van der Waals surface area contributed by atoms with E-state index in [4.69, 9.17) is 9.15 Å². The van der Waals surface area contributed by atoms with Gasteiger partial charge in [-0.2, -0.15) is 0 Å². The standard InChI is InChI=1S/C19H19N3O5S/c1-12-7-6-8-14(11-12)18-21-20-17(27-18)13(2)26-19(23)15-9-4-5-10-16(15)22-28(3,24)25/h4-11,13,22H,1-3H3. The lowest BCUT2D eigenvalue weighted by Crippen LogP contribution is -2.15. The highest BCUT2D eigenvalue weighted by molar-refractivity contribution is 7.92. The number of hydrogen-bond acceptors (Lipinski definition) is 7. The summed E-state index contributed by atoms with van der Waals surface area (Å²) < 4.78 is 36.3. The largest absolute Gasteiger partial charge is 0.449 e. The minimum atomic E-state index is -3.54. The first-order valence-corrected chi connectivity index (χ1v) is 10.3. The van der Waals surface area contributed by atoms with E-state index < -0.39 is 22.1 Å². The van der Waals surface area contributed by atoms with Gasteiger partial charge < -0.3 is 9.15 Å². The lowest BCUT2D eigenvalue weighted by atomic mass is 10.1. The maximum atomic E-state index is 12.5. The third kappa shape index (κ3) is 4.74. The van der Waals surface area contributed by atoms with E-state index in [0.29, 0.717) is 5.89 Å². The number of rotatable bonds is 6. The van der Waals surface area contributed by atoms with Crippen molar-refractivity contribution < 1.29 is 22.4 Å². The molecule has 2 aromatic carbocycles. The summed E-state index contributed by atoms with van der Waals surface area (Å²) in [5.41, 5.74) is 2.03. The lowest BCUT2D eigenvalue weighted by molar-refractivity contribution is 0.0281. The monoisotopic (exact) mass is 401 g/mol. The summed E-state index contributed by atoms with van der Waals surface area (Å²) in [4.78, 5) is 12.5. The second-order valence-corrected chi connectivity index (χ2v) is 8.03. The van der Waals surface area contributed by atoms with Crippen molar-refractivity contribution in [3.8, 4) is 11.5 Å². The van der Waals surface area contributed by atoms with Crippen molar-refractivity contribution >= 4 is 21.7 Å². The average molecular weight is 401 g/mol. The molecule has 146 valence electrons. The topological polar surface area (TPSA) is 111 Å². The smallest absolute Gasteiger partial charge is 0.341 e. The summed E-state index contributed by atoms with van der Waals surface area (Å²) >= 11 is 0. The van der Waals surface area contributed by atoms with E-state index in [1.807, 2.05) is 31.2 Å². The fourth-order valence-electron chi connectivity index (χ4n) is 2.52. The molecule has 0 aliphatic rings. The fourth-order valence-corrected chi connectivity index (χ4v) is 3.10. The van der Waals surface area contributed by atoms with Gasteiger partial charge in [0.05, 0.1) is 17.5 Å². The second kappa shape index (κ2) is 7.81. The Morgan fingerprint density at radius 3 is 2.61 bits per heavy atom. The summed E-state index contributed by atoms with van der Waals surface area (Å²) in [6, 6.07) is 13.7. The number of hydrogen-bond donors (Lipinski definition) is 1. The van der Waals surface area contributed by atoms with Crippen LogP contribution in [0.3, 0.4) is 0 Å². The number of nitrogens with one attached hydrogen (secondary N) is 1. The van der Waals surface area contributed by atoms with Crippen molar-refractivity contribution in [1.29, 1.82) is 0 Å². The highest BCUT2D eigenvalue weighted by atomic mass is 32.2. The Labute approximate surface area is 162 Å². The molecule has 0 fully saturated rings. The number of nitrogens with zero attached hydrogens (tertiary/aromatic N) is 2. The van der Waals surface area contributed by atoms with Gasteiger partial charge in [-0.05, 0) is 38.1 Å². The number of aryl methyl sites for hydroxylation is 1. The minimum absolute atomic E-state index is 0.0817. The molecule has 3 aromatic rings. The highest BCUT2D eigenvalue weighted by Gasteiger charge is 2.22. The number of sulfonamides is 1. The van der Waals surface area contributed by atoms with Gasteiger partial charge in [-0.1, -0.05) is 29.8 Å². The Balaban J connectivity index is 1.77. The molecule has 28 heavy (non-hydrogen) atoms. The summed E-state index contributed by atoms with van der Waals surface area (Å²) in [5.74, 6) is -0.256. The van der Waals surface area contributed by atoms with E-state index in [9.17, 15) is 13.2 Å². The van der Waals surface area contributed by atoms with Crippen LogP contribution in [-0.4, -0.2) is 30.8 Å². The molecule has 0 amide bonds. The Bertz CT molecular complexity index is 1110. The Morgan fingerprint density at radius 1 is 1.14 bits per heavy atom. The zero-order chi connectivity index (χ0) is 20.3. The van der Waals surface area contributed by atoms with E-state index in [0.717, 1.165) is 17.4 Å². The first-order valence-electron chi connectivity index (χ1n) is 8.41. The van der Waals surface area contributed by atoms with E-state index in [1.165, 1.54) is 12.1 Å². The molecular weight excluding hydrogens is 382 g/mol. The number of esters is 1. The number of anilines is 1. The van der Waals surface area contributed by atoms with Gasteiger partial charge in [0, 0.05) is 5.56 Å². The predicted molar refractivity (Wildman–Crippen MR) is 103 cm³/mol. The number of para-hydroxylation sites is 1. The molecule has 9 heteroatoms. The summed E-state index contributed by atoms with van der Waals surface area (Å²) in [6.45, 7) is 3.55. The second-order valence-electron chi connectivity index (χ2n) is 6.28. The van der Waals surface area contributed by atoms with Crippen molar-refractivity contribution in [3.63, 3.8) is 0 Å². The van der Waals surface area contributed by atoms with Gasteiger partial charge in [-0.3, -0.25) is 4.72 Å². The molecule has 1 atom stereocenters. The Morgan fingerprint density at radius 2 is 1.89 bits per heavy atom. The maximum absolute atomic E-state index is 12.5. The minimum Gasteiger partial charge on any atom is -0.449 e. The van der Waals surface area contributed by atoms with Gasteiger partial charge in [0.2, 0.25) is 15.9 Å². The quantitative estimate of drug-likeness (QED) is 0.631. The van der Waals surface area contributed by atoms with E-state index in [2.05, 4.69) is 14.9 Å². The van der Waals surface area contributed by atoms with Gasteiger partial charge in [0.25, 0.3) is 5.89 Å². The zero-order valence-electron chi connectivity index (χ0n) is 15.5. The third-order valence-corrected chi connectivity index (χ3v) is 4.37. The SMILES string of the molecule is Cc1cccc(-c2nnc(C(C)OC(=O)c3ccccc3NS(C)(=O)=O)o2)c1. The first kappa shape index (κ1) is 19.6. The van der Waals surface area contributed by atoms with Crippen LogP contribution in [0.1, 0.15) is 34.8 Å². The molecular formula is C19H19N3O5S. The van der Waals surface area contributed by atoms with Crippen LogP contribution in [-0.2, 0) is 14.8 Å². The molecule has 0 bridgehead atoms. The van der Waals surface area contributed by atoms with E-state index in [-0.39, 0.29) is 17.1 Å². The number of carbonyl (C=O) groups is 1. The molecule has 1 aromatic heterocycles. The molecule has 0 aliphatic heterocycles. The summed E-state index contributed by atoms with van der Waals surface area (Å²) in [5, 5.41) is 7.94. The molecule has 3 rings (SSSR count). The van der Waals surface area contributed by atoms with Gasteiger partial charge in [-0.15, -0.1) is 10.2 Å². The van der Waals surface area contributed by atoms with Crippen LogP contribution >= 0.6 is 0 Å². The maximum Gasteiger partial charge on any atom is 0.341 e. The average Bonchev–Trinajstić information content (AvgIpc) is 3.11. The Hall–Kier alpha value is -3.20. The number of aromatic nitrogens is 2. The van der Waals surface area contributed by atoms with Crippen LogP contribution in [0.5, 0.6) is 0 Å². The van der Waals surface area contributed by atoms with Crippen LogP contribution in [0.4, 0.5) is 5.69 Å². The van der Waals surface area contributed by atoms with Crippen molar-refractivity contribution in [2.24, 2.45) is 0 Å². The summed E-state index contributed by atoms with van der Waals surface area (Å²) in [6.07, 6.45) is 0.188. The zero-order valence-corrected chi connectivity index (χ0v) is 16.4. The molecule has 8 nitrogen and oxygen atoms in total. The predicted octanol–water partition coefficient (Wildman–Crippen LogP) is 3.33. The van der Waals surface area contributed by atoms with Gasteiger partial charge >= 0.3 is 5.97 Å². The van der Waals surface area contributed by atoms with Crippen molar-refractivity contribution in [2.45, 2.75) is 20.0 Å². The normalized spacial score (nSPS) is 12.4.